The van der Waals surface area contributed by atoms with Crippen LogP contribution in [0.5, 0.6) is 0 Å². The maximum Gasteiger partial charge on any atom is 0.200 e. The molecule has 0 fully saturated rings. The molecule has 2 rings (SSSR count). The molecule has 14 heavy (non-hydrogen) atoms. The van der Waals surface area contributed by atoms with Crippen LogP contribution in [0.3, 0.4) is 0 Å². The first kappa shape index (κ1) is 8.44. The van der Waals surface area contributed by atoms with Crippen LogP contribution in [0.4, 0.5) is 5.82 Å². The topological polar surface area (TPSA) is 68.0 Å². The van der Waals surface area contributed by atoms with Gasteiger partial charge in [-0.15, -0.1) is 20.7 Å². The van der Waals surface area contributed by atoms with Gasteiger partial charge in [-0.1, -0.05) is 5.92 Å². The lowest BCUT2D eigenvalue weighted by Gasteiger charge is -1.99. The lowest BCUT2D eigenvalue weighted by Crippen LogP contribution is -2.04. The van der Waals surface area contributed by atoms with Crippen molar-refractivity contribution in [2.45, 2.75) is 6.92 Å². The number of fused-ring (bicyclic) bond motifs is 1. The number of hydrogen-bond donors (Lipinski definition) is 1. The van der Waals surface area contributed by atoms with Crippen LogP contribution in [0, 0.1) is 11.8 Å². The molecular formula is C8H8N6. The second kappa shape index (κ2) is 3.70. The quantitative estimate of drug-likeness (QED) is 0.669. The number of anilines is 1. The van der Waals surface area contributed by atoms with E-state index in [-0.39, 0.29) is 0 Å². The summed E-state index contributed by atoms with van der Waals surface area (Å²) in [6, 6.07) is 3.59. The minimum Gasteiger partial charge on any atom is -0.358 e. The van der Waals surface area contributed by atoms with Gasteiger partial charge in [-0.2, -0.15) is 0 Å². The van der Waals surface area contributed by atoms with Gasteiger partial charge < -0.3 is 5.32 Å². The molecule has 0 aliphatic heterocycles. The summed E-state index contributed by atoms with van der Waals surface area (Å²) in [4.78, 5) is 0. The molecule has 0 radical (unpaired) electrons. The first-order chi connectivity index (χ1) is 6.90. The van der Waals surface area contributed by atoms with E-state index in [9.17, 15) is 0 Å². The minimum atomic E-state index is 0.567. The predicted octanol–water partition coefficient (Wildman–Crippen LogP) is -0.0455. The molecule has 0 aliphatic carbocycles. The first-order valence-electron chi connectivity index (χ1n) is 4.09. The van der Waals surface area contributed by atoms with E-state index in [1.54, 1.807) is 13.0 Å². The Bertz CT molecular complexity index is 491. The van der Waals surface area contributed by atoms with E-state index in [0.29, 0.717) is 18.0 Å². The molecule has 2 aromatic heterocycles. The van der Waals surface area contributed by atoms with Crippen LogP contribution in [-0.4, -0.2) is 31.8 Å². The van der Waals surface area contributed by atoms with Crippen LogP contribution in [0.1, 0.15) is 6.92 Å². The summed E-state index contributed by atoms with van der Waals surface area (Å²) >= 11 is 0. The van der Waals surface area contributed by atoms with Crippen LogP contribution in [0.25, 0.3) is 5.65 Å². The highest BCUT2D eigenvalue weighted by molar-refractivity contribution is 5.42. The van der Waals surface area contributed by atoms with Gasteiger partial charge in [0.25, 0.3) is 0 Å². The Kier molecular flexibility index (Phi) is 2.23. The molecule has 0 saturated heterocycles. The largest absolute Gasteiger partial charge is 0.358 e. The van der Waals surface area contributed by atoms with Gasteiger partial charge in [0.15, 0.2) is 5.65 Å². The normalized spacial score (nSPS) is 9.50. The van der Waals surface area contributed by atoms with E-state index in [0.717, 1.165) is 0 Å². The fourth-order valence-electron chi connectivity index (χ4n) is 0.967. The molecule has 0 atom stereocenters. The molecule has 2 heterocycles. The summed E-state index contributed by atoms with van der Waals surface area (Å²) < 4.78 is 1.36. The highest BCUT2D eigenvalue weighted by atomic mass is 15.6. The average molecular weight is 188 g/mol. The number of tetrazole rings is 1. The molecule has 0 spiro atoms. The molecular weight excluding hydrogens is 180 g/mol. The number of rotatable bonds is 2. The van der Waals surface area contributed by atoms with Crippen molar-refractivity contribution in [3.63, 3.8) is 0 Å². The van der Waals surface area contributed by atoms with Crippen molar-refractivity contribution in [1.82, 2.24) is 25.3 Å². The second-order valence-electron chi connectivity index (χ2n) is 2.53. The monoisotopic (exact) mass is 188 g/mol. The van der Waals surface area contributed by atoms with Gasteiger partial charge in [-0.05, 0) is 29.5 Å². The zero-order valence-corrected chi connectivity index (χ0v) is 7.60. The molecule has 0 bridgehead atoms. The third-order valence-electron chi connectivity index (χ3n) is 1.60. The maximum atomic E-state index is 4.11. The van der Waals surface area contributed by atoms with Crippen molar-refractivity contribution in [3.8, 4) is 11.8 Å². The zero-order valence-electron chi connectivity index (χ0n) is 7.60. The Balaban J connectivity index is 2.20. The lowest BCUT2D eigenvalue weighted by molar-refractivity contribution is 0.735. The van der Waals surface area contributed by atoms with Crippen LogP contribution in [0.15, 0.2) is 12.1 Å². The average Bonchev–Trinajstić information content (AvgIpc) is 2.65. The van der Waals surface area contributed by atoms with E-state index in [4.69, 9.17) is 0 Å². The van der Waals surface area contributed by atoms with E-state index in [1.807, 2.05) is 6.07 Å². The molecule has 0 saturated carbocycles. The van der Waals surface area contributed by atoms with Gasteiger partial charge in [-0.3, -0.25) is 0 Å². The molecule has 0 unspecified atom stereocenters. The summed E-state index contributed by atoms with van der Waals surface area (Å²) in [5.74, 6) is 6.36. The lowest BCUT2D eigenvalue weighted by atomic mass is 10.5. The van der Waals surface area contributed by atoms with Gasteiger partial charge in [0, 0.05) is 0 Å². The third kappa shape index (κ3) is 1.61. The van der Waals surface area contributed by atoms with Crippen molar-refractivity contribution < 1.29 is 0 Å². The molecule has 6 heteroatoms. The molecule has 0 aliphatic rings. The number of hydrogen-bond acceptors (Lipinski definition) is 5. The first-order valence-corrected chi connectivity index (χ1v) is 4.09. The fraction of sp³-hybridized carbons (Fsp3) is 0.250. The Labute approximate surface area is 80.3 Å². The van der Waals surface area contributed by atoms with E-state index >= 15 is 0 Å². The third-order valence-corrected chi connectivity index (χ3v) is 1.60. The Morgan fingerprint density at radius 3 is 3.29 bits per heavy atom. The summed E-state index contributed by atoms with van der Waals surface area (Å²) in [5, 5.41) is 18.0. The fourth-order valence-corrected chi connectivity index (χ4v) is 0.967. The number of nitrogens with zero attached hydrogens (tertiary/aromatic N) is 5. The van der Waals surface area contributed by atoms with E-state index in [1.165, 1.54) is 4.63 Å². The highest BCUT2D eigenvalue weighted by Crippen LogP contribution is 2.01. The predicted molar refractivity (Wildman–Crippen MR) is 50.5 cm³/mol. The molecule has 0 aromatic carbocycles. The molecule has 2 aromatic rings. The van der Waals surface area contributed by atoms with Crippen LogP contribution < -0.4 is 5.32 Å². The summed E-state index contributed by atoms with van der Waals surface area (Å²) in [7, 11) is 0. The van der Waals surface area contributed by atoms with E-state index in [2.05, 4.69) is 37.8 Å². The smallest absolute Gasteiger partial charge is 0.200 e. The molecule has 6 nitrogen and oxygen atoms in total. The summed E-state index contributed by atoms with van der Waals surface area (Å²) in [5.41, 5.74) is 0.622. The minimum absolute atomic E-state index is 0.567. The van der Waals surface area contributed by atoms with Gasteiger partial charge in [0.1, 0.15) is 5.82 Å². The van der Waals surface area contributed by atoms with E-state index < -0.39 is 0 Å². The van der Waals surface area contributed by atoms with Gasteiger partial charge >= 0.3 is 0 Å². The SMILES string of the molecule is CC#CCNc1ccc2nnnn2n1. The number of aromatic nitrogens is 5. The second-order valence-corrected chi connectivity index (χ2v) is 2.53. The van der Waals surface area contributed by atoms with Crippen molar-refractivity contribution in [3.05, 3.63) is 12.1 Å². The standard InChI is InChI=1S/C8H8N6/c1-2-3-6-9-7-4-5-8-10-12-13-14(8)11-7/h4-5H,6H2,1H3,(H,9,11). The van der Waals surface area contributed by atoms with Crippen LogP contribution >= 0.6 is 0 Å². The van der Waals surface area contributed by atoms with Crippen molar-refractivity contribution in [2.75, 3.05) is 11.9 Å². The summed E-state index contributed by atoms with van der Waals surface area (Å²) in [6.45, 7) is 2.36. The summed E-state index contributed by atoms with van der Waals surface area (Å²) in [6.07, 6.45) is 0. The van der Waals surface area contributed by atoms with Crippen molar-refractivity contribution in [2.24, 2.45) is 0 Å². The molecule has 1 N–H and O–H groups in total. The number of nitrogens with one attached hydrogen (secondary N) is 1. The Hall–Kier alpha value is -2.16. The van der Waals surface area contributed by atoms with Crippen molar-refractivity contribution in [1.29, 1.82) is 0 Å². The zero-order chi connectivity index (χ0) is 9.80. The Morgan fingerprint density at radius 1 is 1.50 bits per heavy atom. The van der Waals surface area contributed by atoms with Gasteiger partial charge in [-0.25, -0.2) is 0 Å². The van der Waals surface area contributed by atoms with Crippen molar-refractivity contribution >= 4 is 11.5 Å². The van der Waals surface area contributed by atoms with Gasteiger partial charge in [0.2, 0.25) is 0 Å². The van der Waals surface area contributed by atoms with Crippen LogP contribution in [-0.2, 0) is 0 Å². The highest BCUT2D eigenvalue weighted by Gasteiger charge is 1.98. The molecule has 70 valence electrons. The molecule has 0 amide bonds. The van der Waals surface area contributed by atoms with Crippen LogP contribution in [0.2, 0.25) is 0 Å². The van der Waals surface area contributed by atoms with Gasteiger partial charge in [0.05, 0.1) is 6.54 Å². The maximum absolute atomic E-state index is 4.11. The Morgan fingerprint density at radius 2 is 2.43 bits per heavy atom.